The molecule has 1 aliphatic rings. The number of nitrogens with zero attached hydrogens (tertiary/aromatic N) is 3. The maximum absolute atomic E-state index is 10.5. The van der Waals surface area contributed by atoms with Crippen LogP contribution in [0.1, 0.15) is 32.5 Å². The summed E-state index contributed by atoms with van der Waals surface area (Å²) in [6.45, 7) is 5.43. The molecule has 1 aliphatic heterocycles. The van der Waals surface area contributed by atoms with Crippen LogP contribution in [0.4, 0.5) is 0 Å². The van der Waals surface area contributed by atoms with Crippen molar-refractivity contribution in [1.82, 2.24) is 14.8 Å². The Morgan fingerprint density at radius 3 is 3.19 bits per heavy atom. The van der Waals surface area contributed by atoms with E-state index in [1.807, 2.05) is 18.5 Å². The van der Waals surface area contributed by atoms with Crippen LogP contribution in [0.15, 0.2) is 6.33 Å². The van der Waals surface area contributed by atoms with E-state index in [9.17, 15) is 5.11 Å². The number of aryl methyl sites for hydroxylation is 1. The van der Waals surface area contributed by atoms with E-state index in [2.05, 4.69) is 10.1 Å². The fourth-order valence-corrected chi connectivity index (χ4v) is 2.29. The van der Waals surface area contributed by atoms with Gasteiger partial charge in [0.1, 0.15) is 12.2 Å². The lowest BCUT2D eigenvalue weighted by molar-refractivity contribution is -0.0972. The SMILES string of the molecule is CCn1ncnc1CC1(O)CCOC(C)C1. The van der Waals surface area contributed by atoms with Crippen LogP contribution in [-0.2, 0) is 17.7 Å². The molecule has 0 aliphatic carbocycles. The minimum absolute atomic E-state index is 0.122. The zero-order valence-electron chi connectivity index (χ0n) is 9.89. The molecule has 0 radical (unpaired) electrons. The third-order valence-corrected chi connectivity index (χ3v) is 3.12. The van der Waals surface area contributed by atoms with Crippen LogP contribution < -0.4 is 0 Å². The second-order valence-corrected chi connectivity index (χ2v) is 4.53. The monoisotopic (exact) mass is 225 g/mol. The van der Waals surface area contributed by atoms with Crippen molar-refractivity contribution >= 4 is 0 Å². The third kappa shape index (κ3) is 2.41. The number of aliphatic hydroxyl groups is 1. The zero-order chi connectivity index (χ0) is 11.6. The highest BCUT2D eigenvalue weighted by Crippen LogP contribution is 2.27. The maximum atomic E-state index is 10.5. The predicted molar refractivity (Wildman–Crippen MR) is 59.0 cm³/mol. The maximum Gasteiger partial charge on any atom is 0.138 e. The van der Waals surface area contributed by atoms with Crippen LogP contribution in [0, 0.1) is 0 Å². The summed E-state index contributed by atoms with van der Waals surface area (Å²) < 4.78 is 7.28. The lowest BCUT2D eigenvalue weighted by Gasteiger charge is -2.35. The van der Waals surface area contributed by atoms with Crippen molar-refractivity contribution in [3.8, 4) is 0 Å². The van der Waals surface area contributed by atoms with Gasteiger partial charge in [0.2, 0.25) is 0 Å². The summed E-state index contributed by atoms with van der Waals surface area (Å²) in [6.07, 6.45) is 3.58. The van der Waals surface area contributed by atoms with Crippen LogP contribution >= 0.6 is 0 Å². The fraction of sp³-hybridized carbons (Fsp3) is 0.818. The molecule has 1 N–H and O–H groups in total. The second kappa shape index (κ2) is 4.51. The molecule has 5 nitrogen and oxygen atoms in total. The summed E-state index contributed by atoms with van der Waals surface area (Å²) in [6, 6.07) is 0. The van der Waals surface area contributed by atoms with Gasteiger partial charge in [-0.15, -0.1) is 0 Å². The van der Waals surface area contributed by atoms with Crippen molar-refractivity contribution in [2.45, 2.75) is 51.4 Å². The standard InChI is InChI=1S/C11H19N3O2/c1-3-14-10(12-8-13-14)7-11(15)4-5-16-9(2)6-11/h8-9,15H,3-7H2,1-2H3. The molecule has 5 heteroatoms. The van der Waals surface area contributed by atoms with E-state index >= 15 is 0 Å². The number of hydrogen-bond donors (Lipinski definition) is 1. The van der Waals surface area contributed by atoms with E-state index in [1.165, 1.54) is 0 Å². The summed E-state index contributed by atoms with van der Waals surface area (Å²) in [5, 5.41) is 14.6. The quantitative estimate of drug-likeness (QED) is 0.825. The van der Waals surface area contributed by atoms with Crippen LogP contribution in [0.2, 0.25) is 0 Å². The molecule has 90 valence electrons. The Bertz CT molecular complexity index is 353. The van der Waals surface area contributed by atoms with Gasteiger partial charge in [0.25, 0.3) is 0 Å². The molecular weight excluding hydrogens is 206 g/mol. The van der Waals surface area contributed by atoms with Crippen molar-refractivity contribution in [2.75, 3.05) is 6.61 Å². The number of aromatic nitrogens is 3. The number of ether oxygens (including phenoxy) is 1. The van der Waals surface area contributed by atoms with Gasteiger partial charge in [0.15, 0.2) is 0 Å². The summed E-state index contributed by atoms with van der Waals surface area (Å²) >= 11 is 0. The first-order chi connectivity index (χ1) is 7.63. The van der Waals surface area contributed by atoms with Crippen LogP contribution in [0.5, 0.6) is 0 Å². The Morgan fingerprint density at radius 2 is 2.50 bits per heavy atom. The van der Waals surface area contributed by atoms with Gasteiger partial charge in [0.05, 0.1) is 11.7 Å². The Balaban J connectivity index is 2.08. The van der Waals surface area contributed by atoms with Gasteiger partial charge in [-0.25, -0.2) is 4.98 Å². The molecule has 2 atom stereocenters. The second-order valence-electron chi connectivity index (χ2n) is 4.53. The fourth-order valence-electron chi connectivity index (χ4n) is 2.29. The first-order valence-electron chi connectivity index (χ1n) is 5.83. The van der Waals surface area contributed by atoms with Crippen LogP contribution in [0.3, 0.4) is 0 Å². The van der Waals surface area contributed by atoms with E-state index in [0.29, 0.717) is 25.9 Å². The molecule has 1 aromatic rings. The minimum atomic E-state index is -0.683. The average Bonchev–Trinajstić information content (AvgIpc) is 2.63. The lowest BCUT2D eigenvalue weighted by atomic mass is 9.87. The molecule has 1 fully saturated rings. The zero-order valence-corrected chi connectivity index (χ0v) is 9.89. The summed E-state index contributed by atoms with van der Waals surface area (Å²) in [5.41, 5.74) is -0.683. The van der Waals surface area contributed by atoms with Crippen molar-refractivity contribution in [1.29, 1.82) is 0 Å². The van der Waals surface area contributed by atoms with Crippen molar-refractivity contribution in [3.63, 3.8) is 0 Å². The van der Waals surface area contributed by atoms with Gasteiger partial charge in [-0.2, -0.15) is 5.10 Å². The smallest absolute Gasteiger partial charge is 0.138 e. The summed E-state index contributed by atoms with van der Waals surface area (Å²) in [4.78, 5) is 4.20. The van der Waals surface area contributed by atoms with E-state index in [0.717, 1.165) is 12.4 Å². The molecule has 0 saturated carbocycles. The molecule has 0 aromatic carbocycles. The molecule has 2 unspecified atom stereocenters. The molecule has 0 spiro atoms. The van der Waals surface area contributed by atoms with Crippen molar-refractivity contribution in [3.05, 3.63) is 12.2 Å². The Kier molecular flexibility index (Phi) is 3.25. The molecule has 16 heavy (non-hydrogen) atoms. The van der Waals surface area contributed by atoms with E-state index in [4.69, 9.17) is 4.74 Å². The highest BCUT2D eigenvalue weighted by molar-refractivity contribution is 4.96. The normalized spacial score (nSPS) is 30.6. The van der Waals surface area contributed by atoms with Gasteiger partial charge in [-0.05, 0) is 13.8 Å². The molecule has 0 amide bonds. The molecule has 0 bridgehead atoms. The van der Waals surface area contributed by atoms with E-state index < -0.39 is 5.60 Å². The first-order valence-corrected chi connectivity index (χ1v) is 5.83. The Labute approximate surface area is 95.4 Å². The van der Waals surface area contributed by atoms with E-state index in [1.54, 1.807) is 6.33 Å². The minimum Gasteiger partial charge on any atom is -0.389 e. The Hall–Kier alpha value is -0.940. The largest absolute Gasteiger partial charge is 0.389 e. The molecule has 2 heterocycles. The third-order valence-electron chi connectivity index (χ3n) is 3.12. The van der Waals surface area contributed by atoms with E-state index in [-0.39, 0.29) is 6.10 Å². The highest BCUT2D eigenvalue weighted by atomic mass is 16.5. The molecule has 1 aromatic heterocycles. The van der Waals surface area contributed by atoms with Gasteiger partial charge in [-0.1, -0.05) is 0 Å². The van der Waals surface area contributed by atoms with Gasteiger partial charge >= 0.3 is 0 Å². The average molecular weight is 225 g/mol. The summed E-state index contributed by atoms with van der Waals surface area (Å²) in [7, 11) is 0. The molecule has 2 rings (SSSR count). The number of hydrogen-bond acceptors (Lipinski definition) is 4. The van der Waals surface area contributed by atoms with Gasteiger partial charge < -0.3 is 9.84 Å². The Morgan fingerprint density at radius 1 is 1.69 bits per heavy atom. The molecular formula is C11H19N3O2. The van der Waals surface area contributed by atoms with Crippen LogP contribution in [0.25, 0.3) is 0 Å². The topological polar surface area (TPSA) is 60.2 Å². The van der Waals surface area contributed by atoms with Crippen molar-refractivity contribution < 1.29 is 9.84 Å². The van der Waals surface area contributed by atoms with Crippen LogP contribution in [-0.4, -0.2) is 38.2 Å². The predicted octanol–water partition coefficient (Wildman–Crippen LogP) is 0.770. The number of rotatable bonds is 3. The van der Waals surface area contributed by atoms with Gasteiger partial charge in [-0.3, -0.25) is 4.68 Å². The summed E-state index contributed by atoms with van der Waals surface area (Å²) in [5.74, 6) is 0.860. The highest BCUT2D eigenvalue weighted by Gasteiger charge is 2.34. The van der Waals surface area contributed by atoms with Crippen molar-refractivity contribution in [2.24, 2.45) is 0 Å². The molecule has 1 saturated heterocycles. The van der Waals surface area contributed by atoms with Gasteiger partial charge in [0, 0.05) is 32.4 Å². The first kappa shape index (κ1) is 11.5. The lowest BCUT2D eigenvalue weighted by Crippen LogP contribution is -2.42.